The minimum Gasteiger partial charge on any atom is -0.462 e. The highest BCUT2D eigenvalue weighted by molar-refractivity contribution is 5.83. The smallest absolute Gasteiger partial charge is 0.318 e. The summed E-state index contributed by atoms with van der Waals surface area (Å²) < 4.78 is 22.7. The highest BCUT2D eigenvalue weighted by Crippen LogP contribution is 2.31. The van der Waals surface area contributed by atoms with Crippen molar-refractivity contribution in [3.05, 3.63) is 144 Å². The number of ether oxygens (including phenoxy) is 4. The van der Waals surface area contributed by atoms with Crippen molar-refractivity contribution in [1.29, 1.82) is 0 Å². The molecule has 1 fully saturated rings. The summed E-state index contributed by atoms with van der Waals surface area (Å²) in [6.45, 7) is -0.357. The summed E-state index contributed by atoms with van der Waals surface area (Å²) in [6, 6.07) is 36.7. The Labute approximate surface area is 250 Å². The molecule has 0 saturated carbocycles. The topological polar surface area (TPSA) is 112 Å². The first-order chi connectivity index (χ1) is 21.0. The number of esters is 2. The van der Waals surface area contributed by atoms with Crippen LogP contribution in [0.2, 0.25) is 0 Å². The van der Waals surface area contributed by atoms with Crippen LogP contribution in [0.4, 0.5) is 0 Å². The van der Waals surface area contributed by atoms with Crippen molar-refractivity contribution in [2.45, 2.75) is 42.5 Å². The van der Waals surface area contributed by atoms with Gasteiger partial charge in [-0.2, -0.15) is 0 Å². The van der Waals surface area contributed by atoms with Crippen LogP contribution in [-0.2, 0) is 28.5 Å². The van der Waals surface area contributed by atoms with Crippen molar-refractivity contribution >= 4 is 11.9 Å². The zero-order valence-electron chi connectivity index (χ0n) is 23.6. The van der Waals surface area contributed by atoms with E-state index < -0.39 is 54.5 Å². The minimum absolute atomic E-state index is 0.357. The van der Waals surface area contributed by atoms with E-state index in [1.165, 1.54) is 7.11 Å². The van der Waals surface area contributed by atoms with Gasteiger partial charge in [-0.25, -0.2) is 0 Å². The summed E-state index contributed by atoms with van der Waals surface area (Å²) in [5.74, 6) is -2.67. The van der Waals surface area contributed by atoms with Crippen LogP contribution in [0.5, 0.6) is 0 Å². The van der Waals surface area contributed by atoms with Gasteiger partial charge in [0.05, 0.1) is 0 Å². The zero-order valence-corrected chi connectivity index (χ0v) is 23.6. The van der Waals surface area contributed by atoms with E-state index in [9.17, 15) is 19.8 Å². The van der Waals surface area contributed by atoms with Crippen LogP contribution < -0.4 is 0 Å². The number of methoxy groups -OCH3 is 1. The summed E-state index contributed by atoms with van der Waals surface area (Å²) >= 11 is 0. The number of hydrogen-bond acceptors (Lipinski definition) is 8. The largest absolute Gasteiger partial charge is 0.462 e. The normalized spacial score (nSPS) is 21.8. The Morgan fingerprint density at radius 2 is 1.05 bits per heavy atom. The molecule has 0 radical (unpaired) electrons. The van der Waals surface area contributed by atoms with E-state index >= 15 is 0 Å². The average Bonchev–Trinajstić information content (AvgIpc) is 3.05. The van der Waals surface area contributed by atoms with Crippen LogP contribution in [0.25, 0.3) is 0 Å². The van der Waals surface area contributed by atoms with Gasteiger partial charge in [0, 0.05) is 7.11 Å². The van der Waals surface area contributed by atoms with Crippen molar-refractivity contribution in [3.63, 3.8) is 0 Å². The molecule has 0 aromatic heterocycles. The molecule has 4 aromatic rings. The SMILES string of the molecule is CO[C@H]1O[C@H](COC(=O)C(c2ccccc2)c2ccccc2)[C@@H](O)[C@H](O)[C@H]1OC(=O)C(c1ccccc1)c1ccccc1. The van der Waals surface area contributed by atoms with Gasteiger partial charge in [0.2, 0.25) is 0 Å². The first kappa shape index (κ1) is 30.1. The molecule has 0 aliphatic carbocycles. The van der Waals surface area contributed by atoms with E-state index in [0.717, 1.165) is 11.1 Å². The summed E-state index contributed by atoms with van der Waals surface area (Å²) in [7, 11) is 1.34. The Morgan fingerprint density at radius 1 is 0.651 bits per heavy atom. The van der Waals surface area contributed by atoms with Gasteiger partial charge < -0.3 is 29.2 Å². The molecule has 5 atom stereocenters. The van der Waals surface area contributed by atoms with Gasteiger partial charge in [0.25, 0.3) is 0 Å². The quantitative estimate of drug-likeness (QED) is 0.268. The maximum atomic E-state index is 13.6. The molecular formula is C35H34O8. The summed E-state index contributed by atoms with van der Waals surface area (Å²) in [5.41, 5.74) is 2.90. The fourth-order valence-corrected chi connectivity index (χ4v) is 5.32. The van der Waals surface area contributed by atoms with Gasteiger partial charge >= 0.3 is 11.9 Å². The van der Waals surface area contributed by atoms with Crippen molar-refractivity contribution in [1.82, 2.24) is 0 Å². The molecule has 0 amide bonds. The Hall–Kier alpha value is -4.34. The summed E-state index contributed by atoms with van der Waals surface area (Å²) in [6.07, 6.45) is -6.80. The molecule has 4 aromatic carbocycles. The summed E-state index contributed by atoms with van der Waals surface area (Å²) in [5, 5.41) is 22.1. The first-order valence-corrected chi connectivity index (χ1v) is 14.1. The molecule has 5 rings (SSSR count). The number of carbonyl (C=O) groups is 2. The number of benzene rings is 4. The van der Waals surface area contributed by atoms with Gasteiger partial charge in [-0.05, 0) is 22.3 Å². The van der Waals surface area contributed by atoms with Gasteiger partial charge in [0.1, 0.15) is 36.8 Å². The molecule has 222 valence electrons. The lowest BCUT2D eigenvalue weighted by atomic mass is 9.91. The van der Waals surface area contributed by atoms with Gasteiger partial charge in [0.15, 0.2) is 12.4 Å². The highest BCUT2D eigenvalue weighted by Gasteiger charge is 2.48. The van der Waals surface area contributed by atoms with E-state index in [1.807, 2.05) is 121 Å². The number of rotatable bonds is 10. The predicted molar refractivity (Wildman–Crippen MR) is 158 cm³/mol. The number of carbonyl (C=O) groups excluding carboxylic acids is 2. The first-order valence-electron chi connectivity index (χ1n) is 14.1. The van der Waals surface area contributed by atoms with Gasteiger partial charge in [-0.15, -0.1) is 0 Å². The molecule has 0 unspecified atom stereocenters. The van der Waals surface area contributed by atoms with Crippen LogP contribution in [0.3, 0.4) is 0 Å². The second kappa shape index (κ2) is 14.2. The van der Waals surface area contributed by atoms with E-state index in [1.54, 1.807) is 0 Å². The lowest BCUT2D eigenvalue weighted by Gasteiger charge is -2.41. The minimum atomic E-state index is -1.57. The van der Waals surface area contributed by atoms with Crippen molar-refractivity contribution in [2.24, 2.45) is 0 Å². The third-order valence-electron chi connectivity index (χ3n) is 7.52. The third kappa shape index (κ3) is 7.01. The molecule has 2 N–H and O–H groups in total. The molecule has 1 aliphatic rings. The second-order valence-corrected chi connectivity index (χ2v) is 10.3. The van der Waals surface area contributed by atoms with E-state index in [-0.39, 0.29) is 6.61 Å². The number of aliphatic hydroxyl groups excluding tert-OH is 2. The van der Waals surface area contributed by atoms with E-state index in [2.05, 4.69) is 0 Å². The fraction of sp³-hybridized carbons (Fsp3) is 0.257. The number of aliphatic hydroxyl groups is 2. The molecular weight excluding hydrogens is 548 g/mol. The van der Waals surface area contributed by atoms with Crippen molar-refractivity contribution < 1.29 is 38.7 Å². The number of hydrogen-bond donors (Lipinski definition) is 2. The van der Waals surface area contributed by atoms with Crippen LogP contribution in [-0.4, -0.2) is 66.6 Å². The van der Waals surface area contributed by atoms with Crippen molar-refractivity contribution in [3.8, 4) is 0 Å². The second-order valence-electron chi connectivity index (χ2n) is 10.3. The van der Waals surface area contributed by atoms with Gasteiger partial charge in [-0.1, -0.05) is 121 Å². The molecule has 8 nitrogen and oxygen atoms in total. The maximum absolute atomic E-state index is 13.6. The molecule has 1 aliphatic heterocycles. The average molecular weight is 583 g/mol. The van der Waals surface area contributed by atoms with Crippen LogP contribution in [0.15, 0.2) is 121 Å². The van der Waals surface area contributed by atoms with Gasteiger partial charge in [-0.3, -0.25) is 9.59 Å². The zero-order chi connectivity index (χ0) is 30.2. The Kier molecular flexibility index (Phi) is 9.96. The molecule has 43 heavy (non-hydrogen) atoms. The van der Waals surface area contributed by atoms with E-state index in [0.29, 0.717) is 11.1 Å². The fourth-order valence-electron chi connectivity index (χ4n) is 5.32. The van der Waals surface area contributed by atoms with E-state index in [4.69, 9.17) is 18.9 Å². The molecule has 8 heteroatoms. The maximum Gasteiger partial charge on any atom is 0.318 e. The summed E-state index contributed by atoms with van der Waals surface area (Å²) in [4.78, 5) is 26.9. The molecule has 0 bridgehead atoms. The predicted octanol–water partition coefficient (Wildman–Crippen LogP) is 4.20. The Balaban J connectivity index is 1.29. The Bertz CT molecular complexity index is 1370. The monoisotopic (exact) mass is 582 g/mol. The highest BCUT2D eigenvalue weighted by atomic mass is 16.7. The molecule has 0 spiro atoms. The third-order valence-corrected chi connectivity index (χ3v) is 7.52. The molecule has 1 heterocycles. The standard InChI is InChI=1S/C35H34O8/c1-40-35-32(43-34(39)29(25-18-10-4-11-19-25)26-20-12-5-13-21-26)31(37)30(36)27(42-35)22-41-33(38)28(23-14-6-2-7-15-23)24-16-8-3-9-17-24/h2-21,27-32,35-37H,22H2,1H3/t27-,30-,31+,32-,35+/m1/s1. The van der Waals surface area contributed by atoms with Crippen molar-refractivity contribution in [2.75, 3.05) is 13.7 Å². The van der Waals surface area contributed by atoms with Crippen LogP contribution >= 0.6 is 0 Å². The lowest BCUT2D eigenvalue weighted by Crippen LogP contribution is -2.60. The van der Waals surface area contributed by atoms with Crippen LogP contribution in [0.1, 0.15) is 34.1 Å². The van der Waals surface area contributed by atoms with Crippen LogP contribution in [0, 0.1) is 0 Å². The lowest BCUT2D eigenvalue weighted by molar-refractivity contribution is -0.298. The molecule has 1 saturated heterocycles. The Morgan fingerprint density at radius 3 is 1.44 bits per heavy atom.